The molecule has 2 aromatic rings. The van der Waals surface area contributed by atoms with Gasteiger partial charge in [-0.3, -0.25) is 0 Å². The van der Waals surface area contributed by atoms with E-state index in [1.54, 1.807) is 0 Å². The number of benzene rings is 2. The largest absolute Gasteiger partial charge is 0.0911 e. The van der Waals surface area contributed by atoms with Gasteiger partial charge in [0.2, 0.25) is 0 Å². The summed E-state index contributed by atoms with van der Waals surface area (Å²) in [6.45, 7) is 8.27. The summed E-state index contributed by atoms with van der Waals surface area (Å²) in [4.78, 5) is 0. The van der Waals surface area contributed by atoms with Crippen molar-refractivity contribution >= 4 is 5.57 Å². The van der Waals surface area contributed by atoms with Crippen LogP contribution in [0.25, 0.3) is 16.7 Å². The van der Waals surface area contributed by atoms with Crippen molar-refractivity contribution in [1.82, 2.24) is 0 Å². The molecule has 0 aromatic heterocycles. The zero-order valence-corrected chi connectivity index (χ0v) is 11.0. The van der Waals surface area contributed by atoms with E-state index in [4.69, 9.17) is 0 Å². The van der Waals surface area contributed by atoms with Crippen molar-refractivity contribution in [2.24, 2.45) is 0 Å². The van der Waals surface area contributed by atoms with Gasteiger partial charge in [-0.2, -0.15) is 0 Å². The van der Waals surface area contributed by atoms with Gasteiger partial charge in [-0.25, -0.2) is 0 Å². The number of allylic oxidation sites excluding steroid dienone is 3. The molecule has 0 saturated heterocycles. The first-order valence-electron chi connectivity index (χ1n) is 6.20. The zero-order chi connectivity index (χ0) is 13.0. The number of hydrogen-bond donors (Lipinski definition) is 0. The van der Waals surface area contributed by atoms with E-state index in [9.17, 15) is 0 Å². The Labute approximate surface area is 109 Å². The third-order valence-corrected chi connectivity index (χ3v) is 2.97. The monoisotopic (exact) mass is 234 g/mol. The van der Waals surface area contributed by atoms with E-state index < -0.39 is 0 Å². The second kappa shape index (κ2) is 5.50. The van der Waals surface area contributed by atoms with Gasteiger partial charge >= 0.3 is 0 Å². The molecule has 0 bridgehead atoms. The molecule has 18 heavy (non-hydrogen) atoms. The van der Waals surface area contributed by atoms with Crippen LogP contribution in [0.1, 0.15) is 18.1 Å². The fraction of sp³-hybridized carbons (Fsp3) is 0.111. The van der Waals surface area contributed by atoms with Crippen LogP contribution < -0.4 is 0 Å². The van der Waals surface area contributed by atoms with Gasteiger partial charge in [0.05, 0.1) is 0 Å². The molecule has 0 heterocycles. The Kier molecular flexibility index (Phi) is 3.78. The highest BCUT2D eigenvalue weighted by atomic mass is 14.1. The average Bonchev–Trinajstić information content (AvgIpc) is 2.39. The van der Waals surface area contributed by atoms with Crippen LogP contribution in [0.2, 0.25) is 0 Å². The summed E-state index contributed by atoms with van der Waals surface area (Å²) < 4.78 is 0. The second-order valence-corrected chi connectivity index (χ2v) is 4.44. The van der Waals surface area contributed by atoms with Crippen molar-refractivity contribution in [3.8, 4) is 11.1 Å². The molecule has 2 rings (SSSR count). The molecule has 0 spiro atoms. The smallest absolute Gasteiger partial charge is 0.0106 e. The minimum Gasteiger partial charge on any atom is -0.0911 e. The third-order valence-electron chi connectivity index (χ3n) is 2.97. The van der Waals surface area contributed by atoms with Gasteiger partial charge in [-0.1, -0.05) is 72.8 Å². The minimum absolute atomic E-state index is 1.05. The van der Waals surface area contributed by atoms with Gasteiger partial charge in [0, 0.05) is 0 Å². The van der Waals surface area contributed by atoms with Crippen molar-refractivity contribution in [1.29, 1.82) is 0 Å². The van der Waals surface area contributed by atoms with Gasteiger partial charge in [-0.15, -0.1) is 0 Å². The van der Waals surface area contributed by atoms with Crippen LogP contribution in [0.15, 0.2) is 67.3 Å². The maximum Gasteiger partial charge on any atom is -0.0106 e. The maximum atomic E-state index is 4.14. The molecule has 0 heteroatoms. The molecule has 0 aliphatic rings. The summed E-state index contributed by atoms with van der Waals surface area (Å²) in [5.74, 6) is 0. The van der Waals surface area contributed by atoms with E-state index in [-0.39, 0.29) is 0 Å². The van der Waals surface area contributed by atoms with Crippen LogP contribution >= 0.6 is 0 Å². The van der Waals surface area contributed by atoms with Gasteiger partial charge in [0.25, 0.3) is 0 Å². The van der Waals surface area contributed by atoms with Crippen molar-refractivity contribution in [2.45, 2.75) is 13.8 Å². The molecule has 0 aliphatic heterocycles. The summed E-state index contributed by atoms with van der Waals surface area (Å²) in [5, 5.41) is 0. The van der Waals surface area contributed by atoms with Crippen LogP contribution in [0.4, 0.5) is 0 Å². The molecule has 0 radical (unpaired) electrons. The highest BCUT2D eigenvalue weighted by Gasteiger charge is 2.05. The van der Waals surface area contributed by atoms with Crippen LogP contribution in [-0.2, 0) is 0 Å². The van der Waals surface area contributed by atoms with Crippen LogP contribution in [0.3, 0.4) is 0 Å². The second-order valence-electron chi connectivity index (χ2n) is 4.44. The van der Waals surface area contributed by atoms with Crippen LogP contribution in [-0.4, -0.2) is 0 Å². The molecule has 90 valence electrons. The summed E-state index contributed by atoms with van der Waals surface area (Å²) in [6, 6.07) is 17.0. The Balaban J connectivity index is 2.55. The van der Waals surface area contributed by atoms with Gasteiger partial charge in [0.15, 0.2) is 0 Å². The lowest BCUT2D eigenvalue weighted by Crippen LogP contribution is -1.87. The number of hydrogen-bond acceptors (Lipinski definition) is 0. The molecule has 0 nitrogen and oxygen atoms in total. The molecule has 0 N–H and O–H groups in total. The quantitative estimate of drug-likeness (QED) is 0.636. The Bertz CT molecular complexity index is 588. The maximum absolute atomic E-state index is 4.14. The molecule has 0 aliphatic carbocycles. The van der Waals surface area contributed by atoms with E-state index in [2.05, 4.69) is 68.1 Å². The van der Waals surface area contributed by atoms with Crippen LogP contribution in [0, 0.1) is 6.92 Å². The molecule has 0 fully saturated rings. The molecule has 0 amide bonds. The van der Waals surface area contributed by atoms with Crippen molar-refractivity contribution < 1.29 is 0 Å². The highest BCUT2D eigenvalue weighted by molar-refractivity contribution is 5.84. The topological polar surface area (TPSA) is 0 Å². The standard InChI is InChI=1S/C18H18/c1-4-8-15(3)17-11-5-6-12-18(17)16-10-7-9-14(2)13-16/h4-13H,3H2,1-2H3/b8-4-. The first-order chi connectivity index (χ1) is 8.72. The highest BCUT2D eigenvalue weighted by Crippen LogP contribution is 2.29. The summed E-state index contributed by atoms with van der Waals surface area (Å²) in [6.07, 6.45) is 4.07. The zero-order valence-electron chi connectivity index (χ0n) is 11.0. The van der Waals surface area contributed by atoms with Crippen LogP contribution in [0.5, 0.6) is 0 Å². The molecular formula is C18H18. The summed E-state index contributed by atoms with van der Waals surface area (Å²) >= 11 is 0. The summed E-state index contributed by atoms with van der Waals surface area (Å²) in [7, 11) is 0. The van der Waals surface area contributed by atoms with E-state index in [0.29, 0.717) is 0 Å². The van der Waals surface area contributed by atoms with E-state index in [1.807, 2.05) is 13.0 Å². The van der Waals surface area contributed by atoms with E-state index in [1.165, 1.54) is 22.3 Å². The molecular weight excluding hydrogens is 216 g/mol. The van der Waals surface area contributed by atoms with E-state index >= 15 is 0 Å². The first-order valence-corrected chi connectivity index (χ1v) is 6.20. The normalized spacial score (nSPS) is 10.8. The SMILES string of the molecule is C=C(/C=C\C)c1ccccc1-c1cccc(C)c1. The Morgan fingerprint density at radius 2 is 1.83 bits per heavy atom. The number of rotatable bonds is 3. The Morgan fingerprint density at radius 1 is 1.06 bits per heavy atom. The lowest BCUT2D eigenvalue weighted by Gasteiger charge is -2.10. The predicted octanol–water partition coefficient (Wildman–Crippen LogP) is 5.25. The van der Waals surface area contributed by atoms with Gasteiger partial charge < -0.3 is 0 Å². The molecule has 0 saturated carbocycles. The third kappa shape index (κ3) is 2.60. The first kappa shape index (κ1) is 12.4. The fourth-order valence-corrected chi connectivity index (χ4v) is 2.12. The lowest BCUT2D eigenvalue weighted by atomic mass is 9.94. The van der Waals surface area contributed by atoms with Gasteiger partial charge in [-0.05, 0) is 36.1 Å². The molecule has 2 aromatic carbocycles. The number of aryl methyl sites for hydroxylation is 1. The lowest BCUT2D eigenvalue weighted by molar-refractivity contribution is 1.46. The van der Waals surface area contributed by atoms with E-state index in [0.717, 1.165) is 5.57 Å². The predicted molar refractivity (Wildman–Crippen MR) is 80.5 cm³/mol. The summed E-state index contributed by atoms with van der Waals surface area (Å²) in [5.41, 5.74) is 6.01. The van der Waals surface area contributed by atoms with Crippen molar-refractivity contribution in [3.63, 3.8) is 0 Å². The molecule has 0 atom stereocenters. The van der Waals surface area contributed by atoms with Crippen molar-refractivity contribution in [2.75, 3.05) is 0 Å². The molecule has 0 unspecified atom stereocenters. The Hall–Kier alpha value is -2.08. The average molecular weight is 234 g/mol. The minimum atomic E-state index is 1.05. The van der Waals surface area contributed by atoms with Gasteiger partial charge in [0.1, 0.15) is 0 Å². The van der Waals surface area contributed by atoms with Crippen molar-refractivity contribution in [3.05, 3.63) is 78.4 Å². The Morgan fingerprint density at radius 3 is 2.56 bits per heavy atom. The fourth-order valence-electron chi connectivity index (χ4n) is 2.12.